The Morgan fingerprint density at radius 3 is 2.57 bits per heavy atom. The summed E-state index contributed by atoms with van der Waals surface area (Å²) in [5, 5.41) is 3.78. The Hall–Kier alpha value is -3.06. The van der Waals surface area contributed by atoms with Crippen molar-refractivity contribution in [3.63, 3.8) is 0 Å². The molecule has 0 atom stereocenters. The predicted molar refractivity (Wildman–Crippen MR) is 118 cm³/mol. The van der Waals surface area contributed by atoms with Crippen molar-refractivity contribution in [3.05, 3.63) is 58.5 Å². The molecule has 0 radical (unpaired) electrons. The quantitative estimate of drug-likeness (QED) is 0.630. The van der Waals surface area contributed by atoms with Crippen molar-refractivity contribution < 1.29 is 9.53 Å². The van der Waals surface area contributed by atoms with Gasteiger partial charge in [-0.05, 0) is 76.2 Å². The summed E-state index contributed by atoms with van der Waals surface area (Å²) < 4.78 is 7.26. The number of rotatable bonds is 7. The van der Waals surface area contributed by atoms with Crippen LogP contribution in [-0.2, 0) is 0 Å². The van der Waals surface area contributed by atoms with E-state index in [-0.39, 0.29) is 17.6 Å². The number of carbonyl (C=O) groups is 1. The zero-order valence-corrected chi connectivity index (χ0v) is 17.5. The first-order valence-electron chi connectivity index (χ1n) is 10.5. The molecule has 0 spiro atoms. The molecule has 0 saturated carbocycles. The van der Waals surface area contributed by atoms with Gasteiger partial charge in [0.25, 0.3) is 11.5 Å². The number of aromatic amines is 1. The van der Waals surface area contributed by atoms with Gasteiger partial charge in [0.1, 0.15) is 17.1 Å². The van der Waals surface area contributed by atoms with Crippen LogP contribution in [0.5, 0.6) is 5.75 Å². The zero-order chi connectivity index (χ0) is 21.1. The first-order valence-corrected chi connectivity index (χ1v) is 10.5. The van der Waals surface area contributed by atoms with Gasteiger partial charge < -0.3 is 19.9 Å². The topological polar surface area (TPSA) is 79.4 Å². The Morgan fingerprint density at radius 1 is 1.13 bits per heavy atom. The van der Waals surface area contributed by atoms with Crippen LogP contribution in [0.4, 0.5) is 0 Å². The Labute approximate surface area is 175 Å². The van der Waals surface area contributed by atoms with Crippen LogP contribution >= 0.6 is 0 Å². The summed E-state index contributed by atoms with van der Waals surface area (Å²) in [6.45, 7) is 7.62. The minimum Gasteiger partial charge on any atom is -0.491 e. The molecular formula is C23H28N4O3. The summed E-state index contributed by atoms with van der Waals surface area (Å²) in [4.78, 5) is 30.7. The van der Waals surface area contributed by atoms with Crippen LogP contribution in [-0.4, -0.2) is 52.6 Å². The standard InChI is InChI=1S/C23H28N4O3/c1-16(2)30-19-8-6-18(7-9-19)27-21(28)10-5-17-15-20(25-22(17)27)23(29)24-11-14-26-12-3-4-13-26/h5-10,15-16,25H,3-4,11-14H2,1-2H3,(H,24,29). The Balaban J connectivity index is 1.55. The lowest BCUT2D eigenvalue weighted by Gasteiger charge is -2.14. The largest absolute Gasteiger partial charge is 0.491 e. The zero-order valence-electron chi connectivity index (χ0n) is 17.5. The second-order valence-electron chi connectivity index (χ2n) is 7.96. The molecule has 3 aromatic rings. The highest BCUT2D eigenvalue weighted by Crippen LogP contribution is 2.20. The van der Waals surface area contributed by atoms with Gasteiger partial charge >= 0.3 is 0 Å². The van der Waals surface area contributed by atoms with Crippen LogP contribution in [0.15, 0.2) is 47.3 Å². The average Bonchev–Trinajstić information content (AvgIpc) is 3.38. The van der Waals surface area contributed by atoms with E-state index in [1.165, 1.54) is 18.9 Å². The predicted octanol–water partition coefficient (Wildman–Crippen LogP) is 2.93. The van der Waals surface area contributed by atoms with E-state index in [2.05, 4.69) is 15.2 Å². The minimum absolute atomic E-state index is 0.0805. The van der Waals surface area contributed by atoms with E-state index in [9.17, 15) is 9.59 Å². The van der Waals surface area contributed by atoms with E-state index in [4.69, 9.17) is 4.74 Å². The van der Waals surface area contributed by atoms with E-state index >= 15 is 0 Å². The van der Waals surface area contributed by atoms with Gasteiger partial charge in [0.15, 0.2) is 0 Å². The molecule has 3 heterocycles. The first-order chi connectivity index (χ1) is 14.5. The maximum atomic E-state index is 12.6. The second kappa shape index (κ2) is 8.75. The molecule has 1 aliphatic heterocycles. The number of carbonyl (C=O) groups excluding carboxylic acids is 1. The number of nitrogens with one attached hydrogen (secondary N) is 2. The van der Waals surface area contributed by atoms with Gasteiger partial charge in [0, 0.05) is 24.5 Å². The van der Waals surface area contributed by atoms with Crippen molar-refractivity contribution >= 4 is 16.9 Å². The number of hydrogen-bond acceptors (Lipinski definition) is 4. The number of ether oxygens (including phenoxy) is 1. The normalized spacial score (nSPS) is 14.5. The number of hydrogen-bond donors (Lipinski definition) is 2. The Bertz CT molecular complexity index is 1080. The second-order valence-corrected chi connectivity index (χ2v) is 7.96. The van der Waals surface area contributed by atoms with Crippen LogP contribution in [0.1, 0.15) is 37.2 Å². The number of aromatic nitrogens is 2. The third kappa shape index (κ3) is 4.41. The van der Waals surface area contributed by atoms with Gasteiger partial charge in [-0.3, -0.25) is 14.2 Å². The maximum absolute atomic E-state index is 12.6. The van der Waals surface area contributed by atoms with Crippen molar-refractivity contribution in [3.8, 4) is 11.4 Å². The van der Waals surface area contributed by atoms with Gasteiger partial charge in [-0.2, -0.15) is 0 Å². The summed E-state index contributed by atoms with van der Waals surface area (Å²) in [6, 6.07) is 12.4. The molecule has 0 unspecified atom stereocenters. The van der Waals surface area contributed by atoms with Crippen molar-refractivity contribution in [2.75, 3.05) is 26.2 Å². The van der Waals surface area contributed by atoms with Crippen molar-refractivity contribution in [2.45, 2.75) is 32.8 Å². The number of fused-ring (bicyclic) bond motifs is 1. The summed E-state index contributed by atoms with van der Waals surface area (Å²) in [5.41, 5.74) is 1.60. The molecule has 4 rings (SSSR count). The lowest BCUT2D eigenvalue weighted by atomic mass is 10.2. The fourth-order valence-electron chi connectivity index (χ4n) is 3.87. The lowest BCUT2D eigenvalue weighted by Crippen LogP contribution is -2.33. The van der Waals surface area contributed by atoms with E-state index in [1.807, 2.05) is 38.1 Å². The molecule has 1 fully saturated rings. The van der Waals surface area contributed by atoms with Crippen LogP contribution in [0.3, 0.4) is 0 Å². The molecule has 158 valence electrons. The molecule has 1 aliphatic rings. The highest BCUT2D eigenvalue weighted by molar-refractivity contribution is 5.97. The summed E-state index contributed by atoms with van der Waals surface area (Å²) >= 11 is 0. The first kappa shape index (κ1) is 20.2. The summed E-state index contributed by atoms with van der Waals surface area (Å²) in [7, 11) is 0. The maximum Gasteiger partial charge on any atom is 0.267 e. The molecule has 1 aromatic carbocycles. The van der Waals surface area contributed by atoms with E-state index in [0.717, 1.165) is 30.8 Å². The lowest BCUT2D eigenvalue weighted by molar-refractivity contribution is 0.0945. The number of H-pyrrole nitrogens is 1. The van der Waals surface area contributed by atoms with Gasteiger partial charge in [-0.1, -0.05) is 0 Å². The third-order valence-corrected chi connectivity index (χ3v) is 5.30. The SMILES string of the molecule is CC(C)Oc1ccc(-n2c(=O)ccc3cc(C(=O)NCCN4CCCC4)[nH]c32)cc1. The molecule has 2 N–H and O–H groups in total. The van der Waals surface area contributed by atoms with Crippen LogP contribution in [0.25, 0.3) is 16.7 Å². The number of pyridine rings is 1. The molecule has 2 aromatic heterocycles. The number of amides is 1. The molecule has 7 nitrogen and oxygen atoms in total. The van der Waals surface area contributed by atoms with Crippen molar-refractivity contribution in [1.29, 1.82) is 0 Å². The summed E-state index contributed by atoms with van der Waals surface area (Å²) in [6.07, 6.45) is 2.55. The highest BCUT2D eigenvalue weighted by atomic mass is 16.5. The highest BCUT2D eigenvalue weighted by Gasteiger charge is 2.15. The Morgan fingerprint density at radius 2 is 1.87 bits per heavy atom. The molecule has 30 heavy (non-hydrogen) atoms. The Kier molecular flexibility index (Phi) is 5.90. The monoisotopic (exact) mass is 408 g/mol. The van der Waals surface area contributed by atoms with Crippen LogP contribution < -0.4 is 15.6 Å². The van der Waals surface area contributed by atoms with Gasteiger partial charge in [0.2, 0.25) is 0 Å². The number of benzene rings is 1. The van der Waals surface area contributed by atoms with Gasteiger partial charge in [0.05, 0.1) is 11.8 Å². The van der Waals surface area contributed by atoms with Gasteiger partial charge in [-0.25, -0.2) is 0 Å². The van der Waals surface area contributed by atoms with Crippen molar-refractivity contribution in [1.82, 2.24) is 19.8 Å². The molecule has 0 aliphatic carbocycles. The van der Waals surface area contributed by atoms with Crippen LogP contribution in [0, 0.1) is 0 Å². The fourth-order valence-corrected chi connectivity index (χ4v) is 3.87. The summed E-state index contributed by atoms with van der Waals surface area (Å²) in [5.74, 6) is 0.587. The van der Waals surface area contributed by atoms with E-state index in [1.54, 1.807) is 16.7 Å². The molecular weight excluding hydrogens is 380 g/mol. The minimum atomic E-state index is -0.164. The van der Waals surface area contributed by atoms with E-state index in [0.29, 0.717) is 23.6 Å². The molecule has 7 heteroatoms. The van der Waals surface area contributed by atoms with Crippen molar-refractivity contribution in [2.24, 2.45) is 0 Å². The average molecular weight is 409 g/mol. The van der Waals surface area contributed by atoms with Crippen LogP contribution in [0.2, 0.25) is 0 Å². The third-order valence-electron chi connectivity index (χ3n) is 5.30. The number of likely N-dealkylation sites (tertiary alicyclic amines) is 1. The molecule has 0 bridgehead atoms. The van der Waals surface area contributed by atoms with E-state index < -0.39 is 0 Å². The smallest absolute Gasteiger partial charge is 0.267 e. The molecule has 1 amide bonds. The number of nitrogens with zero attached hydrogens (tertiary/aromatic N) is 2. The fraction of sp³-hybridized carbons (Fsp3) is 0.391. The van der Waals surface area contributed by atoms with Gasteiger partial charge in [-0.15, -0.1) is 0 Å². The molecule has 1 saturated heterocycles.